The number of rotatable bonds is 6. The van der Waals surface area contributed by atoms with Crippen molar-refractivity contribution in [3.8, 4) is 0 Å². The largest absolute Gasteiger partial charge is 0.314 e. The van der Waals surface area contributed by atoms with Crippen molar-refractivity contribution in [3.05, 3.63) is 70.6 Å². The molecule has 0 fully saturated rings. The molecule has 0 aliphatic rings. The molecule has 0 amide bonds. The van der Waals surface area contributed by atoms with Gasteiger partial charge in [-0.25, -0.2) is 0 Å². The molecule has 0 aliphatic carbocycles. The van der Waals surface area contributed by atoms with Crippen LogP contribution < -0.4 is 10.3 Å². The van der Waals surface area contributed by atoms with E-state index in [-0.39, 0.29) is 12.1 Å². The highest BCUT2D eigenvalue weighted by molar-refractivity contribution is 7.87. The maximum absolute atomic E-state index is 12.1. The number of hydrogen-bond acceptors (Lipinski definition) is 3. The highest BCUT2D eigenvalue weighted by Crippen LogP contribution is 2.16. The summed E-state index contributed by atoms with van der Waals surface area (Å²) in [7, 11) is -0.696. The average molecular weight is 321 g/mol. The molecule has 2 rings (SSSR count). The van der Waals surface area contributed by atoms with Crippen LogP contribution >= 0.6 is 0 Å². The highest BCUT2D eigenvalue weighted by Gasteiger charge is 2.21. The minimum absolute atomic E-state index is 0.174. The summed E-state index contributed by atoms with van der Waals surface area (Å²) in [5.74, 6) is 0. The molecule has 0 radical (unpaired) electrons. The van der Waals surface area contributed by atoms with Gasteiger partial charge < -0.3 is 4.57 Å². The van der Waals surface area contributed by atoms with Crippen molar-refractivity contribution in [1.82, 2.24) is 13.6 Å². The Labute approximate surface area is 130 Å². The van der Waals surface area contributed by atoms with Crippen molar-refractivity contribution in [3.63, 3.8) is 0 Å². The standard InChI is InChI=1S/C15H19N3O3S/c1-17(2)22(20,21)16-14(13-8-4-3-5-9-13)12-18-11-7-6-10-15(18)19/h3-11,14,16H,12H2,1-2H3. The van der Waals surface area contributed by atoms with Crippen LogP contribution in [-0.2, 0) is 16.8 Å². The van der Waals surface area contributed by atoms with E-state index in [1.54, 1.807) is 18.3 Å². The fourth-order valence-corrected chi connectivity index (χ4v) is 2.77. The van der Waals surface area contributed by atoms with E-state index in [1.807, 2.05) is 30.3 Å². The number of hydrogen-bond donors (Lipinski definition) is 1. The second-order valence-corrected chi connectivity index (χ2v) is 6.98. The Bertz CT molecular complexity index is 770. The summed E-state index contributed by atoms with van der Waals surface area (Å²) in [4.78, 5) is 11.9. The number of pyridine rings is 1. The molecule has 1 atom stereocenters. The molecule has 6 nitrogen and oxygen atoms in total. The molecule has 0 saturated heterocycles. The molecule has 7 heteroatoms. The Balaban J connectivity index is 2.35. The summed E-state index contributed by atoms with van der Waals surface area (Å²) < 4.78 is 29.4. The first-order valence-electron chi connectivity index (χ1n) is 6.80. The Morgan fingerprint density at radius 1 is 1.09 bits per heavy atom. The third kappa shape index (κ3) is 4.03. The van der Waals surface area contributed by atoms with E-state index >= 15 is 0 Å². The van der Waals surface area contributed by atoms with Crippen molar-refractivity contribution in [1.29, 1.82) is 0 Å². The highest BCUT2D eigenvalue weighted by atomic mass is 32.2. The lowest BCUT2D eigenvalue weighted by atomic mass is 10.1. The molecule has 2 aromatic rings. The Kier molecular flexibility index (Phi) is 5.12. The molecular weight excluding hydrogens is 302 g/mol. The summed E-state index contributed by atoms with van der Waals surface area (Å²) in [6, 6.07) is 13.5. The van der Waals surface area contributed by atoms with Gasteiger partial charge in [-0.1, -0.05) is 36.4 Å². The monoisotopic (exact) mass is 321 g/mol. The van der Waals surface area contributed by atoms with Crippen molar-refractivity contribution < 1.29 is 8.42 Å². The molecule has 1 unspecified atom stereocenters. The minimum Gasteiger partial charge on any atom is -0.314 e. The van der Waals surface area contributed by atoms with E-state index in [4.69, 9.17) is 0 Å². The first-order chi connectivity index (χ1) is 10.4. The number of nitrogens with zero attached hydrogens (tertiary/aromatic N) is 2. The van der Waals surface area contributed by atoms with Crippen LogP contribution in [0, 0.1) is 0 Å². The van der Waals surface area contributed by atoms with Gasteiger partial charge in [-0.3, -0.25) is 4.79 Å². The summed E-state index contributed by atoms with van der Waals surface area (Å²) >= 11 is 0. The second kappa shape index (κ2) is 6.87. The SMILES string of the molecule is CN(C)S(=O)(=O)NC(Cn1ccccc1=O)c1ccccc1. The van der Waals surface area contributed by atoms with Crippen molar-refractivity contribution in [2.24, 2.45) is 0 Å². The fourth-order valence-electron chi connectivity index (χ4n) is 1.99. The minimum atomic E-state index is -3.61. The summed E-state index contributed by atoms with van der Waals surface area (Å²) in [5.41, 5.74) is 0.621. The van der Waals surface area contributed by atoms with E-state index in [2.05, 4.69) is 4.72 Å². The average Bonchev–Trinajstić information content (AvgIpc) is 2.49. The zero-order valence-electron chi connectivity index (χ0n) is 12.5. The van der Waals surface area contributed by atoms with Crippen LogP contribution in [0.1, 0.15) is 11.6 Å². The number of nitrogens with one attached hydrogen (secondary N) is 1. The predicted octanol–water partition coefficient (Wildman–Crippen LogP) is 0.986. The Morgan fingerprint density at radius 3 is 2.32 bits per heavy atom. The molecule has 0 saturated carbocycles. The lowest BCUT2D eigenvalue weighted by Gasteiger charge is -2.22. The third-order valence-corrected chi connectivity index (χ3v) is 4.80. The zero-order chi connectivity index (χ0) is 16.2. The van der Waals surface area contributed by atoms with Gasteiger partial charge in [0, 0.05) is 32.9 Å². The summed E-state index contributed by atoms with van der Waals surface area (Å²) in [5, 5.41) is 0. The van der Waals surface area contributed by atoms with Crippen LogP contribution in [0.4, 0.5) is 0 Å². The van der Waals surface area contributed by atoms with Gasteiger partial charge in [0.2, 0.25) is 0 Å². The van der Waals surface area contributed by atoms with Gasteiger partial charge in [-0.15, -0.1) is 0 Å². The van der Waals surface area contributed by atoms with Crippen molar-refractivity contribution in [2.45, 2.75) is 12.6 Å². The summed E-state index contributed by atoms with van der Waals surface area (Å²) in [6.07, 6.45) is 1.64. The van der Waals surface area contributed by atoms with E-state index in [0.29, 0.717) is 0 Å². The van der Waals surface area contributed by atoms with Gasteiger partial charge in [-0.2, -0.15) is 17.4 Å². The molecule has 0 aliphatic heterocycles. The van der Waals surface area contributed by atoms with Gasteiger partial charge in [0.25, 0.3) is 15.8 Å². The predicted molar refractivity (Wildman–Crippen MR) is 85.6 cm³/mol. The zero-order valence-corrected chi connectivity index (χ0v) is 13.3. The molecule has 0 spiro atoms. The summed E-state index contributed by atoms with van der Waals surface area (Å²) in [6.45, 7) is 0.219. The van der Waals surface area contributed by atoms with Crippen LogP contribution in [0.15, 0.2) is 59.5 Å². The van der Waals surface area contributed by atoms with Gasteiger partial charge in [0.1, 0.15) is 0 Å². The van der Waals surface area contributed by atoms with E-state index in [9.17, 15) is 13.2 Å². The molecule has 1 aromatic heterocycles. The molecule has 1 N–H and O–H groups in total. The Hall–Kier alpha value is -1.96. The van der Waals surface area contributed by atoms with Crippen LogP contribution in [0.25, 0.3) is 0 Å². The lowest BCUT2D eigenvalue weighted by Crippen LogP contribution is -2.40. The molecule has 118 valence electrons. The molecule has 0 bridgehead atoms. The smallest absolute Gasteiger partial charge is 0.279 e. The molecule has 1 aromatic carbocycles. The van der Waals surface area contributed by atoms with Crippen LogP contribution in [0.5, 0.6) is 0 Å². The van der Waals surface area contributed by atoms with Crippen LogP contribution in [0.2, 0.25) is 0 Å². The molecular formula is C15H19N3O3S. The first-order valence-corrected chi connectivity index (χ1v) is 8.24. The van der Waals surface area contributed by atoms with E-state index in [1.165, 1.54) is 24.7 Å². The topological polar surface area (TPSA) is 71.4 Å². The fraction of sp³-hybridized carbons (Fsp3) is 0.267. The first kappa shape index (κ1) is 16.4. The van der Waals surface area contributed by atoms with Crippen LogP contribution in [0.3, 0.4) is 0 Å². The third-order valence-electron chi connectivity index (χ3n) is 3.25. The Morgan fingerprint density at radius 2 is 1.73 bits per heavy atom. The van der Waals surface area contributed by atoms with Crippen LogP contribution in [-0.4, -0.2) is 31.4 Å². The van der Waals surface area contributed by atoms with E-state index < -0.39 is 16.3 Å². The van der Waals surface area contributed by atoms with Crippen molar-refractivity contribution in [2.75, 3.05) is 14.1 Å². The lowest BCUT2D eigenvalue weighted by molar-refractivity contribution is 0.464. The maximum Gasteiger partial charge on any atom is 0.279 e. The second-order valence-electron chi connectivity index (χ2n) is 5.06. The molecule has 22 heavy (non-hydrogen) atoms. The van der Waals surface area contributed by atoms with Gasteiger partial charge in [0.15, 0.2) is 0 Å². The van der Waals surface area contributed by atoms with Gasteiger partial charge in [0.05, 0.1) is 6.04 Å². The van der Waals surface area contributed by atoms with Gasteiger partial charge in [-0.05, 0) is 11.6 Å². The van der Waals surface area contributed by atoms with E-state index in [0.717, 1.165) is 9.87 Å². The van der Waals surface area contributed by atoms with Gasteiger partial charge >= 0.3 is 0 Å². The van der Waals surface area contributed by atoms with Crippen molar-refractivity contribution >= 4 is 10.2 Å². The quantitative estimate of drug-likeness (QED) is 0.862. The molecule has 1 heterocycles. The maximum atomic E-state index is 12.1. The normalized spacial score (nSPS) is 13.2. The number of aromatic nitrogens is 1. The number of benzene rings is 1.